The van der Waals surface area contributed by atoms with Crippen LogP contribution in [0.2, 0.25) is 0 Å². The Labute approximate surface area is 180 Å². The van der Waals surface area contributed by atoms with Gasteiger partial charge in [-0.05, 0) is 39.0 Å². The van der Waals surface area contributed by atoms with E-state index in [4.69, 9.17) is 4.99 Å². The highest BCUT2D eigenvalue weighted by molar-refractivity contribution is 5.78. The molecular formula is C25H48N3O+. The Kier molecular flexibility index (Phi) is 14.0. The first-order chi connectivity index (χ1) is 14.1. The first-order valence-corrected chi connectivity index (χ1v) is 12.4. The summed E-state index contributed by atoms with van der Waals surface area (Å²) in [5, 5.41) is 3.10. The largest absolute Gasteiger partial charge is 0.307 e. The fraction of sp³-hybridized carbons (Fsp3) is 0.840. The van der Waals surface area contributed by atoms with Crippen molar-refractivity contribution in [3.63, 3.8) is 0 Å². The van der Waals surface area contributed by atoms with Crippen molar-refractivity contribution in [1.29, 1.82) is 0 Å². The topological polar surface area (TPSA) is 41.5 Å². The number of rotatable bonds is 17. The second kappa shape index (κ2) is 15.6. The van der Waals surface area contributed by atoms with Gasteiger partial charge >= 0.3 is 0 Å². The standard InChI is InChI=1S/C25H47N3O/c1-5-7-8-9-10-11-12-13-14-15-16-17-18-19-20-25-26-21-22-28(25,6-2)23(3)27-24(4)29/h13-14,23H,5-12,15-22H2,1-4H3/p+1/b14-13+. The summed E-state index contributed by atoms with van der Waals surface area (Å²) < 4.78 is 0.848. The van der Waals surface area contributed by atoms with Crippen molar-refractivity contribution >= 4 is 11.7 Å². The summed E-state index contributed by atoms with van der Waals surface area (Å²) in [7, 11) is 0. The maximum absolute atomic E-state index is 11.5. The number of amides is 1. The lowest BCUT2D eigenvalue weighted by Crippen LogP contribution is -2.62. The van der Waals surface area contributed by atoms with E-state index in [2.05, 4.69) is 38.2 Å². The predicted molar refractivity (Wildman–Crippen MR) is 126 cm³/mol. The van der Waals surface area contributed by atoms with Crippen LogP contribution in [0.25, 0.3) is 0 Å². The average molecular weight is 407 g/mol. The van der Waals surface area contributed by atoms with Gasteiger partial charge in [-0.2, -0.15) is 0 Å². The smallest absolute Gasteiger partial charge is 0.221 e. The van der Waals surface area contributed by atoms with Gasteiger partial charge in [0.15, 0.2) is 12.0 Å². The van der Waals surface area contributed by atoms with Crippen molar-refractivity contribution in [2.75, 3.05) is 19.6 Å². The number of hydrogen-bond donors (Lipinski definition) is 1. The molecule has 0 aliphatic carbocycles. The van der Waals surface area contributed by atoms with Gasteiger partial charge in [-0.15, -0.1) is 0 Å². The van der Waals surface area contributed by atoms with Gasteiger partial charge in [0.2, 0.25) is 5.91 Å². The Morgan fingerprint density at radius 1 is 1.00 bits per heavy atom. The number of nitrogens with zero attached hydrogens (tertiary/aromatic N) is 2. The minimum absolute atomic E-state index is 0.0549. The number of nitrogens with one attached hydrogen (secondary N) is 1. The molecule has 0 spiro atoms. The number of carbonyl (C=O) groups is 1. The van der Waals surface area contributed by atoms with E-state index in [-0.39, 0.29) is 12.1 Å². The molecule has 1 aliphatic rings. The third kappa shape index (κ3) is 9.93. The summed E-state index contributed by atoms with van der Waals surface area (Å²) in [5.41, 5.74) is 0. The summed E-state index contributed by atoms with van der Waals surface area (Å²) in [6, 6.07) is 0. The Bertz CT molecular complexity index is 500. The van der Waals surface area contributed by atoms with Crippen LogP contribution in [0.1, 0.15) is 111 Å². The molecule has 29 heavy (non-hydrogen) atoms. The van der Waals surface area contributed by atoms with Crippen LogP contribution < -0.4 is 5.32 Å². The van der Waals surface area contributed by atoms with Crippen LogP contribution in [0.15, 0.2) is 17.1 Å². The Morgan fingerprint density at radius 3 is 2.17 bits per heavy atom. The number of likely N-dealkylation sites (N-methyl/N-ethyl adjacent to an activating group) is 1. The fourth-order valence-electron chi connectivity index (χ4n) is 4.56. The molecule has 4 nitrogen and oxygen atoms in total. The van der Waals surface area contributed by atoms with Gasteiger partial charge in [0.1, 0.15) is 6.54 Å². The molecule has 1 amide bonds. The minimum atomic E-state index is 0.0549. The molecule has 0 bridgehead atoms. The van der Waals surface area contributed by atoms with Crippen molar-refractivity contribution in [3.05, 3.63) is 12.2 Å². The number of carbonyl (C=O) groups excluding carboxylic acids is 1. The maximum atomic E-state index is 11.5. The van der Waals surface area contributed by atoms with E-state index in [1.54, 1.807) is 6.92 Å². The number of quaternary nitrogens is 1. The molecule has 0 radical (unpaired) electrons. The number of aliphatic imine (C=N–C) groups is 1. The molecule has 1 rings (SSSR count). The predicted octanol–water partition coefficient (Wildman–Crippen LogP) is 6.36. The van der Waals surface area contributed by atoms with E-state index in [1.807, 2.05) is 0 Å². The quantitative estimate of drug-likeness (QED) is 0.170. The van der Waals surface area contributed by atoms with E-state index in [0.29, 0.717) is 0 Å². The van der Waals surface area contributed by atoms with Gasteiger partial charge in [-0.3, -0.25) is 9.28 Å². The highest BCUT2D eigenvalue weighted by Crippen LogP contribution is 2.23. The molecular weight excluding hydrogens is 358 g/mol. The summed E-state index contributed by atoms with van der Waals surface area (Å²) in [6.45, 7) is 11.2. The molecule has 1 aliphatic heterocycles. The molecule has 0 saturated heterocycles. The monoisotopic (exact) mass is 406 g/mol. The van der Waals surface area contributed by atoms with Gasteiger partial charge in [-0.1, -0.05) is 64.0 Å². The van der Waals surface area contributed by atoms with Crippen LogP contribution in [0, 0.1) is 0 Å². The Morgan fingerprint density at radius 2 is 1.59 bits per heavy atom. The molecule has 0 aromatic carbocycles. The number of allylic oxidation sites excluding steroid dienone is 2. The van der Waals surface area contributed by atoms with Gasteiger partial charge in [-0.25, -0.2) is 4.99 Å². The van der Waals surface area contributed by atoms with Crippen LogP contribution in [0.5, 0.6) is 0 Å². The van der Waals surface area contributed by atoms with Gasteiger partial charge < -0.3 is 5.32 Å². The molecule has 2 atom stereocenters. The first-order valence-electron chi connectivity index (χ1n) is 12.4. The van der Waals surface area contributed by atoms with Crippen molar-refractivity contribution < 1.29 is 9.28 Å². The maximum Gasteiger partial charge on any atom is 0.221 e. The van der Waals surface area contributed by atoms with Gasteiger partial charge in [0.05, 0.1) is 13.1 Å². The lowest BCUT2D eigenvalue weighted by molar-refractivity contribution is -0.861. The normalized spacial score (nSPS) is 20.2. The molecule has 2 unspecified atom stereocenters. The van der Waals surface area contributed by atoms with Crippen LogP contribution in [0.4, 0.5) is 0 Å². The lowest BCUT2D eigenvalue weighted by Gasteiger charge is -2.39. The van der Waals surface area contributed by atoms with Gasteiger partial charge in [0.25, 0.3) is 0 Å². The minimum Gasteiger partial charge on any atom is -0.307 e. The molecule has 0 aromatic heterocycles. The second-order valence-electron chi connectivity index (χ2n) is 8.73. The third-order valence-corrected chi connectivity index (χ3v) is 6.44. The van der Waals surface area contributed by atoms with Crippen LogP contribution >= 0.6 is 0 Å². The summed E-state index contributed by atoms with van der Waals surface area (Å²) in [6.07, 6.45) is 21.9. The van der Waals surface area contributed by atoms with E-state index in [0.717, 1.165) is 30.5 Å². The lowest BCUT2D eigenvalue weighted by atomic mass is 10.1. The molecule has 0 aromatic rings. The fourth-order valence-corrected chi connectivity index (χ4v) is 4.56. The molecule has 0 saturated carbocycles. The van der Waals surface area contributed by atoms with Crippen LogP contribution in [0.3, 0.4) is 0 Å². The number of hydrogen-bond acceptors (Lipinski definition) is 2. The Hall–Kier alpha value is -1.16. The average Bonchev–Trinajstić information content (AvgIpc) is 3.12. The molecule has 1 N–H and O–H groups in total. The SMILES string of the molecule is CCCCCCCC/C=C/CCCCCCC1=NCC[N+]1(CC)C(C)NC(C)=O. The van der Waals surface area contributed by atoms with Crippen molar-refractivity contribution in [3.8, 4) is 0 Å². The molecule has 4 heteroatoms. The zero-order chi connectivity index (χ0) is 21.4. The van der Waals surface area contributed by atoms with E-state index in [9.17, 15) is 4.79 Å². The molecule has 168 valence electrons. The highest BCUT2D eigenvalue weighted by Gasteiger charge is 2.41. The Balaban J connectivity index is 2.12. The van der Waals surface area contributed by atoms with Crippen LogP contribution in [-0.4, -0.2) is 42.0 Å². The second-order valence-corrected chi connectivity index (χ2v) is 8.73. The first kappa shape index (κ1) is 25.9. The zero-order valence-corrected chi connectivity index (χ0v) is 19.8. The van der Waals surface area contributed by atoms with Crippen LogP contribution in [-0.2, 0) is 4.79 Å². The van der Waals surface area contributed by atoms with E-state index in [1.165, 1.54) is 82.9 Å². The molecule has 0 fully saturated rings. The number of amidine groups is 1. The highest BCUT2D eigenvalue weighted by atomic mass is 16.1. The zero-order valence-electron chi connectivity index (χ0n) is 19.8. The van der Waals surface area contributed by atoms with Crippen molar-refractivity contribution in [2.45, 2.75) is 117 Å². The molecule has 1 heterocycles. The van der Waals surface area contributed by atoms with Crippen molar-refractivity contribution in [2.24, 2.45) is 4.99 Å². The summed E-state index contributed by atoms with van der Waals surface area (Å²) >= 11 is 0. The summed E-state index contributed by atoms with van der Waals surface area (Å²) in [4.78, 5) is 16.3. The van der Waals surface area contributed by atoms with Crippen molar-refractivity contribution in [1.82, 2.24) is 5.32 Å². The van der Waals surface area contributed by atoms with Gasteiger partial charge in [0, 0.05) is 20.3 Å². The third-order valence-electron chi connectivity index (χ3n) is 6.44. The van der Waals surface area contributed by atoms with E-state index >= 15 is 0 Å². The van der Waals surface area contributed by atoms with E-state index < -0.39 is 0 Å². The number of unbranched alkanes of at least 4 members (excludes halogenated alkanes) is 10. The summed E-state index contributed by atoms with van der Waals surface area (Å²) in [5.74, 6) is 1.35.